The fourth-order valence-electron chi connectivity index (χ4n) is 2.17. The molecule has 2 nitrogen and oxygen atoms in total. The molecule has 0 amide bonds. The first-order valence-corrected chi connectivity index (χ1v) is 6.34. The van der Waals surface area contributed by atoms with Gasteiger partial charge in [0.1, 0.15) is 0 Å². The third-order valence-electron chi connectivity index (χ3n) is 3.24. The van der Waals surface area contributed by atoms with Gasteiger partial charge in [-0.2, -0.15) is 0 Å². The lowest BCUT2D eigenvalue weighted by Crippen LogP contribution is -2.24. The fraction of sp³-hybridized carbons (Fsp3) is 0.500. The smallest absolute Gasteiger partial charge is 0.160 e. The van der Waals surface area contributed by atoms with Gasteiger partial charge in [0.05, 0.1) is 10.0 Å². The Morgan fingerprint density at radius 1 is 1.35 bits per heavy atom. The molecule has 1 aliphatic heterocycles. The Labute approximate surface area is 111 Å². The molecule has 1 saturated heterocycles. The first-order chi connectivity index (χ1) is 7.97. The summed E-state index contributed by atoms with van der Waals surface area (Å²) in [5, 5.41) is 3.44. The van der Waals surface area contributed by atoms with Crippen LogP contribution in [0.15, 0.2) is 12.1 Å². The maximum atomic E-state index is 13.2. The Hall–Kier alpha value is -0.510. The largest absolute Gasteiger partial charge is 0.381 e. The number of likely N-dealkylation sites (N-methyl/N-ethyl adjacent to an activating group) is 1. The standard InChI is InChI=1S/C12H15Cl2FN2/c1-7-3-9(6-17(7)2)16-8-4-10(13)12(15)11(14)5-8/h4-5,7,9,16H,3,6H2,1-2H3. The van der Waals surface area contributed by atoms with Crippen LogP contribution in [-0.2, 0) is 0 Å². The molecule has 2 atom stereocenters. The minimum atomic E-state index is -0.559. The van der Waals surface area contributed by atoms with E-state index in [1.54, 1.807) is 12.1 Å². The third-order valence-corrected chi connectivity index (χ3v) is 3.79. The third kappa shape index (κ3) is 2.84. The van der Waals surface area contributed by atoms with Gasteiger partial charge in [0, 0.05) is 24.3 Å². The number of nitrogens with one attached hydrogen (secondary N) is 1. The lowest BCUT2D eigenvalue weighted by atomic mass is 10.2. The second-order valence-corrected chi connectivity index (χ2v) is 5.43. The highest BCUT2D eigenvalue weighted by Crippen LogP contribution is 2.29. The van der Waals surface area contributed by atoms with E-state index in [1.165, 1.54) is 0 Å². The van der Waals surface area contributed by atoms with E-state index in [2.05, 4.69) is 24.2 Å². The summed E-state index contributed by atoms with van der Waals surface area (Å²) in [6.07, 6.45) is 1.06. The van der Waals surface area contributed by atoms with E-state index < -0.39 is 5.82 Å². The molecule has 94 valence electrons. The topological polar surface area (TPSA) is 15.3 Å². The van der Waals surface area contributed by atoms with Crippen LogP contribution < -0.4 is 5.32 Å². The van der Waals surface area contributed by atoms with Crippen LogP contribution in [0, 0.1) is 5.82 Å². The summed E-state index contributed by atoms with van der Waals surface area (Å²) >= 11 is 11.5. The van der Waals surface area contributed by atoms with Crippen LogP contribution >= 0.6 is 23.2 Å². The predicted molar refractivity (Wildman–Crippen MR) is 70.5 cm³/mol. The van der Waals surface area contributed by atoms with E-state index in [1.807, 2.05) is 0 Å². The Morgan fingerprint density at radius 3 is 2.41 bits per heavy atom. The summed E-state index contributed by atoms with van der Waals surface area (Å²) in [6.45, 7) is 3.15. The minimum Gasteiger partial charge on any atom is -0.381 e. The van der Waals surface area contributed by atoms with Crippen molar-refractivity contribution in [3.63, 3.8) is 0 Å². The normalized spacial score (nSPS) is 25.2. The van der Waals surface area contributed by atoms with Crippen molar-refractivity contribution in [2.75, 3.05) is 18.9 Å². The van der Waals surface area contributed by atoms with Gasteiger partial charge in [-0.05, 0) is 32.5 Å². The molecule has 1 fully saturated rings. The summed E-state index contributed by atoms with van der Waals surface area (Å²) in [5.74, 6) is -0.559. The molecule has 0 aliphatic carbocycles. The van der Waals surface area contributed by atoms with Crippen molar-refractivity contribution in [1.29, 1.82) is 0 Å². The van der Waals surface area contributed by atoms with E-state index in [-0.39, 0.29) is 10.0 Å². The molecule has 1 aromatic rings. The van der Waals surface area contributed by atoms with Crippen LogP contribution in [0.4, 0.5) is 10.1 Å². The van der Waals surface area contributed by atoms with Crippen LogP contribution in [-0.4, -0.2) is 30.6 Å². The minimum absolute atomic E-state index is 0.0550. The van der Waals surface area contributed by atoms with Crippen LogP contribution in [0.2, 0.25) is 10.0 Å². The number of benzene rings is 1. The van der Waals surface area contributed by atoms with E-state index in [9.17, 15) is 4.39 Å². The second-order valence-electron chi connectivity index (χ2n) is 4.62. The summed E-state index contributed by atoms with van der Waals surface area (Å²) < 4.78 is 13.2. The maximum Gasteiger partial charge on any atom is 0.160 e. The number of likely N-dealkylation sites (tertiary alicyclic amines) is 1. The van der Waals surface area contributed by atoms with Crippen molar-refractivity contribution in [3.8, 4) is 0 Å². The lowest BCUT2D eigenvalue weighted by Gasteiger charge is -2.15. The van der Waals surface area contributed by atoms with Crippen molar-refractivity contribution < 1.29 is 4.39 Å². The van der Waals surface area contributed by atoms with Gasteiger partial charge in [-0.25, -0.2) is 4.39 Å². The van der Waals surface area contributed by atoms with Crippen molar-refractivity contribution >= 4 is 28.9 Å². The van der Waals surface area contributed by atoms with Crippen molar-refractivity contribution in [2.24, 2.45) is 0 Å². The molecular formula is C12H15Cl2FN2. The zero-order chi connectivity index (χ0) is 12.6. The monoisotopic (exact) mass is 276 g/mol. The highest BCUT2D eigenvalue weighted by molar-refractivity contribution is 6.35. The first kappa shape index (κ1) is 12.9. The predicted octanol–water partition coefficient (Wildman–Crippen LogP) is 3.64. The maximum absolute atomic E-state index is 13.2. The van der Waals surface area contributed by atoms with Crippen LogP contribution in [0.25, 0.3) is 0 Å². The van der Waals surface area contributed by atoms with Crippen molar-refractivity contribution in [2.45, 2.75) is 25.4 Å². The van der Waals surface area contributed by atoms with Crippen LogP contribution in [0.5, 0.6) is 0 Å². The van der Waals surface area contributed by atoms with Gasteiger partial charge in [-0.3, -0.25) is 0 Å². The van der Waals surface area contributed by atoms with Crippen LogP contribution in [0.1, 0.15) is 13.3 Å². The highest BCUT2D eigenvalue weighted by atomic mass is 35.5. The molecule has 0 bridgehead atoms. The zero-order valence-electron chi connectivity index (χ0n) is 9.80. The van der Waals surface area contributed by atoms with Gasteiger partial charge in [-0.15, -0.1) is 0 Å². The molecule has 17 heavy (non-hydrogen) atoms. The van der Waals surface area contributed by atoms with Crippen molar-refractivity contribution in [1.82, 2.24) is 4.90 Å². The average molecular weight is 277 g/mol. The molecule has 5 heteroatoms. The fourth-order valence-corrected chi connectivity index (χ4v) is 2.66. The summed E-state index contributed by atoms with van der Waals surface area (Å²) in [7, 11) is 2.09. The molecule has 0 aromatic heterocycles. The molecule has 0 radical (unpaired) electrons. The molecule has 1 heterocycles. The first-order valence-electron chi connectivity index (χ1n) is 5.58. The number of hydrogen-bond donors (Lipinski definition) is 1. The molecule has 1 aliphatic rings. The van der Waals surface area contributed by atoms with Gasteiger partial charge < -0.3 is 10.2 Å². The van der Waals surface area contributed by atoms with Gasteiger partial charge in [0.2, 0.25) is 0 Å². The summed E-state index contributed by atoms with van der Waals surface area (Å²) in [5.41, 5.74) is 0.772. The lowest BCUT2D eigenvalue weighted by molar-refractivity contribution is 0.330. The average Bonchev–Trinajstić information content (AvgIpc) is 2.54. The highest BCUT2D eigenvalue weighted by Gasteiger charge is 2.26. The molecule has 1 N–H and O–H groups in total. The van der Waals surface area contributed by atoms with Crippen molar-refractivity contribution in [3.05, 3.63) is 28.0 Å². The Balaban J connectivity index is 2.10. The van der Waals surface area contributed by atoms with E-state index >= 15 is 0 Å². The summed E-state index contributed by atoms with van der Waals surface area (Å²) in [6, 6.07) is 4.06. The number of halogens is 3. The van der Waals surface area contributed by atoms with Gasteiger partial charge in [0.25, 0.3) is 0 Å². The molecule has 0 spiro atoms. The second kappa shape index (κ2) is 5.01. The number of rotatable bonds is 2. The molecule has 2 rings (SSSR count). The Morgan fingerprint density at radius 2 is 1.94 bits per heavy atom. The van der Waals surface area contributed by atoms with E-state index in [4.69, 9.17) is 23.2 Å². The van der Waals surface area contributed by atoms with Crippen LogP contribution in [0.3, 0.4) is 0 Å². The van der Waals surface area contributed by atoms with Gasteiger partial charge in [-0.1, -0.05) is 23.2 Å². The van der Waals surface area contributed by atoms with E-state index in [0.717, 1.165) is 18.7 Å². The Kier molecular flexibility index (Phi) is 3.81. The Bertz CT molecular complexity index is 392. The SMILES string of the molecule is CC1CC(Nc2cc(Cl)c(F)c(Cl)c2)CN1C. The number of nitrogens with zero attached hydrogens (tertiary/aromatic N) is 1. The van der Waals surface area contributed by atoms with Gasteiger partial charge >= 0.3 is 0 Å². The van der Waals surface area contributed by atoms with E-state index in [0.29, 0.717) is 12.1 Å². The quantitative estimate of drug-likeness (QED) is 0.830. The molecular weight excluding hydrogens is 262 g/mol. The summed E-state index contributed by atoms with van der Waals surface area (Å²) in [4.78, 5) is 2.28. The molecule has 1 aromatic carbocycles. The number of anilines is 1. The number of hydrogen-bond acceptors (Lipinski definition) is 2. The molecule has 0 saturated carbocycles. The van der Waals surface area contributed by atoms with Gasteiger partial charge in [0.15, 0.2) is 5.82 Å². The zero-order valence-corrected chi connectivity index (χ0v) is 11.3. The molecule has 2 unspecified atom stereocenters.